The van der Waals surface area contributed by atoms with Crippen LogP contribution in [0.2, 0.25) is 0 Å². The second-order valence-electron chi connectivity index (χ2n) is 5.64. The van der Waals surface area contributed by atoms with Crippen LogP contribution in [-0.4, -0.2) is 17.1 Å². The molecule has 26 heavy (non-hydrogen) atoms. The lowest BCUT2D eigenvalue weighted by molar-refractivity contribution is 0.103. The van der Waals surface area contributed by atoms with E-state index in [9.17, 15) is 4.79 Å². The molecule has 0 spiro atoms. The molecule has 0 bridgehead atoms. The molecular weight excluding hydrogens is 366 g/mol. The van der Waals surface area contributed by atoms with E-state index in [1.807, 2.05) is 62.4 Å². The van der Waals surface area contributed by atoms with E-state index in [2.05, 4.69) is 5.32 Å². The highest BCUT2D eigenvalue weighted by atomic mass is 32.1. The Kier molecular flexibility index (Phi) is 5.39. The Morgan fingerprint density at radius 2 is 1.92 bits per heavy atom. The number of nitrogen functional groups attached to an aromatic ring is 1. The van der Waals surface area contributed by atoms with Gasteiger partial charge in [-0.3, -0.25) is 9.36 Å². The molecule has 7 heteroatoms. The van der Waals surface area contributed by atoms with E-state index in [-0.39, 0.29) is 5.91 Å². The lowest BCUT2D eigenvalue weighted by Crippen LogP contribution is -2.13. The average Bonchev–Trinajstić information content (AvgIpc) is 2.92. The number of nitrogens with two attached hydrogens (primary N) is 1. The van der Waals surface area contributed by atoms with Gasteiger partial charge in [-0.15, -0.1) is 0 Å². The van der Waals surface area contributed by atoms with Crippen molar-refractivity contribution in [2.75, 3.05) is 17.7 Å². The highest BCUT2D eigenvalue weighted by Crippen LogP contribution is 2.31. The van der Waals surface area contributed by atoms with Gasteiger partial charge in [0.15, 0.2) is 3.95 Å². The summed E-state index contributed by atoms with van der Waals surface area (Å²) in [5.74, 6) is 0.688. The molecule has 5 nitrogen and oxygen atoms in total. The van der Waals surface area contributed by atoms with Crippen LogP contribution in [0.1, 0.15) is 22.2 Å². The number of aryl methyl sites for hydroxylation is 1. The highest BCUT2D eigenvalue weighted by Gasteiger charge is 2.20. The molecule has 0 aliphatic carbocycles. The maximum absolute atomic E-state index is 12.7. The highest BCUT2D eigenvalue weighted by molar-refractivity contribution is 7.73. The summed E-state index contributed by atoms with van der Waals surface area (Å²) in [6.45, 7) is 4.42. The van der Waals surface area contributed by atoms with Gasteiger partial charge in [0.2, 0.25) is 0 Å². The maximum atomic E-state index is 12.7. The van der Waals surface area contributed by atoms with E-state index < -0.39 is 0 Å². The van der Waals surface area contributed by atoms with Crippen LogP contribution < -0.4 is 15.8 Å². The van der Waals surface area contributed by atoms with Gasteiger partial charge in [-0.2, -0.15) is 0 Å². The number of para-hydroxylation sites is 2. The fourth-order valence-electron chi connectivity index (χ4n) is 2.52. The number of nitrogens with one attached hydrogen (secondary N) is 1. The summed E-state index contributed by atoms with van der Waals surface area (Å²) in [4.78, 5) is 13.0. The molecule has 0 atom stereocenters. The predicted octanol–water partition coefficient (Wildman–Crippen LogP) is 4.81. The SMILES string of the molecule is CCOc1ccccc1-n1c(N)c(C(=O)Nc2ccc(C)cc2)sc1=S. The number of thiazole rings is 1. The minimum absolute atomic E-state index is 0.282. The lowest BCUT2D eigenvalue weighted by Gasteiger charge is -2.12. The molecule has 1 aromatic heterocycles. The monoisotopic (exact) mass is 385 g/mol. The standard InChI is InChI=1S/C19H19N3O2S2/c1-3-24-15-7-5-4-6-14(15)22-17(20)16(26-19(22)25)18(23)21-13-10-8-12(2)9-11-13/h4-11H,3,20H2,1-2H3,(H,21,23). The number of benzene rings is 2. The van der Waals surface area contributed by atoms with Crippen LogP contribution in [0.5, 0.6) is 5.75 Å². The van der Waals surface area contributed by atoms with E-state index in [1.165, 1.54) is 11.3 Å². The van der Waals surface area contributed by atoms with Crippen LogP contribution >= 0.6 is 23.6 Å². The van der Waals surface area contributed by atoms with Crippen molar-refractivity contribution in [1.29, 1.82) is 0 Å². The summed E-state index contributed by atoms with van der Waals surface area (Å²) in [6, 6.07) is 15.0. The molecule has 0 fully saturated rings. The fourth-order valence-corrected chi connectivity index (χ4v) is 3.77. The molecule has 134 valence electrons. The molecule has 0 aliphatic rings. The molecular formula is C19H19N3O2S2. The topological polar surface area (TPSA) is 69.3 Å². The Balaban J connectivity index is 1.97. The summed E-state index contributed by atoms with van der Waals surface area (Å²) in [6.07, 6.45) is 0. The van der Waals surface area contributed by atoms with Gasteiger partial charge in [-0.1, -0.05) is 41.2 Å². The number of rotatable bonds is 5. The van der Waals surface area contributed by atoms with Crippen LogP contribution in [0.15, 0.2) is 48.5 Å². The minimum Gasteiger partial charge on any atom is -0.492 e. The van der Waals surface area contributed by atoms with Crippen molar-refractivity contribution in [2.45, 2.75) is 13.8 Å². The van der Waals surface area contributed by atoms with Crippen molar-refractivity contribution in [3.05, 3.63) is 62.9 Å². The van der Waals surface area contributed by atoms with Crippen molar-refractivity contribution < 1.29 is 9.53 Å². The molecule has 0 radical (unpaired) electrons. The number of aromatic nitrogens is 1. The van der Waals surface area contributed by atoms with E-state index in [4.69, 9.17) is 22.7 Å². The fraction of sp³-hybridized carbons (Fsp3) is 0.158. The number of hydrogen-bond acceptors (Lipinski definition) is 5. The Morgan fingerprint density at radius 1 is 1.23 bits per heavy atom. The molecule has 3 rings (SSSR count). The van der Waals surface area contributed by atoms with Crippen LogP contribution in [0.25, 0.3) is 5.69 Å². The zero-order chi connectivity index (χ0) is 18.7. The smallest absolute Gasteiger partial charge is 0.269 e. The first-order valence-corrected chi connectivity index (χ1v) is 9.35. The zero-order valence-corrected chi connectivity index (χ0v) is 16.1. The van der Waals surface area contributed by atoms with Crippen molar-refractivity contribution in [1.82, 2.24) is 4.57 Å². The van der Waals surface area contributed by atoms with Crippen molar-refractivity contribution in [3.63, 3.8) is 0 Å². The van der Waals surface area contributed by atoms with Crippen LogP contribution in [0.3, 0.4) is 0 Å². The quantitative estimate of drug-likeness (QED) is 0.619. The van der Waals surface area contributed by atoms with Crippen LogP contribution in [0, 0.1) is 10.9 Å². The van der Waals surface area contributed by atoms with Gasteiger partial charge in [0.05, 0.1) is 12.3 Å². The lowest BCUT2D eigenvalue weighted by atomic mass is 10.2. The van der Waals surface area contributed by atoms with Crippen LogP contribution in [-0.2, 0) is 0 Å². The van der Waals surface area contributed by atoms with Gasteiger partial charge >= 0.3 is 0 Å². The summed E-state index contributed by atoms with van der Waals surface area (Å²) in [5, 5.41) is 2.86. The second kappa shape index (κ2) is 7.72. The number of nitrogens with zero attached hydrogens (tertiary/aromatic N) is 1. The number of carbonyl (C=O) groups is 1. The number of carbonyl (C=O) groups excluding carboxylic acids is 1. The Morgan fingerprint density at radius 3 is 2.62 bits per heavy atom. The normalized spacial score (nSPS) is 10.5. The predicted molar refractivity (Wildman–Crippen MR) is 109 cm³/mol. The molecule has 0 aliphatic heterocycles. The summed E-state index contributed by atoms with van der Waals surface area (Å²) >= 11 is 6.63. The third-order valence-corrected chi connectivity index (χ3v) is 5.16. The van der Waals surface area contributed by atoms with E-state index in [0.29, 0.717) is 32.7 Å². The van der Waals surface area contributed by atoms with Gasteiger partial charge in [0.25, 0.3) is 5.91 Å². The second-order valence-corrected chi connectivity index (χ2v) is 7.28. The first-order chi connectivity index (χ1) is 12.5. The van der Waals surface area contributed by atoms with Crippen molar-refractivity contribution >= 4 is 41.0 Å². The van der Waals surface area contributed by atoms with E-state index in [0.717, 1.165) is 11.3 Å². The van der Waals surface area contributed by atoms with Gasteiger partial charge < -0.3 is 15.8 Å². The summed E-state index contributed by atoms with van der Waals surface area (Å²) < 4.78 is 7.82. The molecule has 1 heterocycles. The zero-order valence-electron chi connectivity index (χ0n) is 14.5. The summed E-state index contributed by atoms with van der Waals surface area (Å²) in [7, 11) is 0. The number of amides is 1. The molecule has 0 saturated heterocycles. The van der Waals surface area contributed by atoms with Crippen molar-refractivity contribution in [2.24, 2.45) is 0 Å². The number of ether oxygens (including phenoxy) is 1. The Hall–Kier alpha value is -2.64. The molecule has 0 saturated carbocycles. The largest absolute Gasteiger partial charge is 0.492 e. The molecule has 3 N–H and O–H groups in total. The molecule has 3 aromatic rings. The molecule has 1 amide bonds. The average molecular weight is 386 g/mol. The molecule has 2 aromatic carbocycles. The van der Waals surface area contributed by atoms with Crippen molar-refractivity contribution in [3.8, 4) is 11.4 Å². The maximum Gasteiger partial charge on any atom is 0.269 e. The van der Waals surface area contributed by atoms with Gasteiger partial charge in [-0.25, -0.2) is 0 Å². The third-order valence-electron chi connectivity index (χ3n) is 3.77. The van der Waals surface area contributed by atoms with Gasteiger partial charge in [0, 0.05) is 5.69 Å². The molecule has 0 unspecified atom stereocenters. The first kappa shape index (κ1) is 18.2. The number of hydrogen-bond donors (Lipinski definition) is 2. The first-order valence-electron chi connectivity index (χ1n) is 8.12. The Bertz CT molecular complexity index is 991. The van der Waals surface area contributed by atoms with Crippen LogP contribution in [0.4, 0.5) is 11.5 Å². The Labute approximate surface area is 161 Å². The minimum atomic E-state index is -0.282. The third kappa shape index (κ3) is 3.63. The van der Waals surface area contributed by atoms with E-state index >= 15 is 0 Å². The summed E-state index contributed by atoms with van der Waals surface area (Å²) in [5.41, 5.74) is 8.83. The van der Waals surface area contributed by atoms with Gasteiger partial charge in [0.1, 0.15) is 16.4 Å². The van der Waals surface area contributed by atoms with E-state index in [1.54, 1.807) is 4.57 Å². The number of anilines is 2. The van der Waals surface area contributed by atoms with Gasteiger partial charge in [-0.05, 0) is 50.3 Å².